The van der Waals surface area contributed by atoms with E-state index in [9.17, 15) is 17.6 Å². The molecule has 0 saturated heterocycles. The number of aryl methyl sites for hydroxylation is 1. The first-order chi connectivity index (χ1) is 13.2. The number of nitrogens with two attached hydrogens (primary N) is 1. The summed E-state index contributed by atoms with van der Waals surface area (Å²) in [5.41, 5.74) is 3.30. The minimum Gasteiger partial charge on any atom is -0.481 e. The van der Waals surface area contributed by atoms with Gasteiger partial charge in [-0.15, -0.1) is 0 Å². The topological polar surface area (TPSA) is 115 Å². The Morgan fingerprint density at radius 3 is 2.29 bits per heavy atom. The van der Waals surface area contributed by atoms with Gasteiger partial charge in [-0.05, 0) is 61.0 Å². The molecule has 0 aliphatic rings. The van der Waals surface area contributed by atoms with Crippen molar-refractivity contribution in [1.29, 1.82) is 0 Å². The molecule has 3 rings (SSSR count). The van der Waals surface area contributed by atoms with Gasteiger partial charge in [-0.1, -0.05) is 0 Å². The van der Waals surface area contributed by atoms with Gasteiger partial charge in [0, 0.05) is 12.0 Å². The first-order valence-corrected chi connectivity index (χ1v) is 9.91. The standard InChI is InChI=1S/C19H18FN3O4S/c1-12-17(10-11-18(24)25)22-23(19(12)13-2-4-14(20)5-3-13)15-6-8-16(9-7-15)28(21,26)27/h2-9H,10-11H2,1H3,(H,24,25)(H2,21,26,27). The molecule has 0 fully saturated rings. The van der Waals surface area contributed by atoms with E-state index in [4.69, 9.17) is 10.2 Å². The Labute approximate surface area is 161 Å². The molecule has 0 unspecified atom stereocenters. The maximum Gasteiger partial charge on any atom is 0.303 e. The van der Waals surface area contributed by atoms with Crippen LogP contribution >= 0.6 is 0 Å². The molecule has 7 nitrogen and oxygen atoms in total. The predicted molar refractivity (Wildman–Crippen MR) is 101 cm³/mol. The minimum absolute atomic E-state index is 0.0328. The molecule has 0 saturated carbocycles. The highest BCUT2D eigenvalue weighted by atomic mass is 32.2. The van der Waals surface area contributed by atoms with E-state index >= 15 is 0 Å². The highest BCUT2D eigenvalue weighted by Crippen LogP contribution is 2.30. The molecular weight excluding hydrogens is 385 g/mol. The van der Waals surface area contributed by atoms with Crippen molar-refractivity contribution in [3.63, 3.8) is 0 Å². The van der Waals surface area contributed by atoms with Crippen molar-refractivity contribution in [3.8, 4) is 16.9 Å². The maximum absolute atomic E-state index is 13.3. The Morgan fingerprint density at radius 1 is 1.14 bits per heavy atom. The monoisotopic (exact) mass is 403 g/mol. The average molecular weight is 403 g/mol. The quantitative estimate of drug-likeness (QED) is 0.656. The number of rotatable bonds is 6. The summed E-state index contributed by atoms with van der Waals surface area (Å²) >= 11 is 0. The summed E-state index contributed by atoms with van der Waals surface area (Å²) in [5.74, 6) is -1.31. The van der Waals surface area contributed by atoms with Crippen LogP contribution in [0.3, 0.4) is 0 Å². The molecular formula is C19H18FN3O4S. The molecule has 3 aromatic rings. The lowest BCUT2D eigenvalue weighted by atomic mass is 10.0. The number of hydrogen-bond donors (Lipinski definition) is 2. The highest BCUT2D eigenvalue weighted by molar-refractivity contribution is 7.89. The summed E-state index contributed by atoms with van der Waals surface area (Å²) in [6, 6.07) is 11.7. The van der Waals surface area contributed by atoms with Crippen molar-refractivity contribution in [3.05, 3.63) is 65.6 Å². The fourth-order valence-electron chi connectivity index (χ4n) is 2.91. The summed E-state index contributed by atoms with van der Waals surface area (Å²) in [5, 5.41) is 18.6. The second kappa shape index (κ2) is 7.53. The van der Waals surface area contributed by atoms with Crippen molar-refractivity contribution >= 4 is 16.0 Å². The number of halogens is 1. The number of aromatic nitrogens is 2. The van der Waals surface area contributed by atoms with Crippen molar-refractivity contribution in [2.24, 2.45) is 5.14 Å². The summed E-state index contributed by atoms with van der Waals surface area (Å²) < 4.78 is 37.9. The van der Waals surface area contributed by atoms with Crippen LogP contribution in [0, 0.1) is 12.7 Å². The molecule has 146 valence electrons. The zero-order chi connectivity index (χ0) is 20.5. The lowest BCUT2D eigenvalue weighted by Gasteiger charge is -2.09. The van der Waals surface area contributed by atoms with Gasteiger partial charge >= 0.3 is 5.97 Å². The van der Waals surface area contributed by atoms with E-state index in [0.29, 0.717) is 22.6 Å². The number of aliphatic carboxylic acids is 1. The Morgan fingerprint density at radius 2 is 1.75 bits per heavy atom. The van der Waals surface area contributed by atoms with E-state index < -0.39 is 16.0 Å². The van der Waals surface area contributed by atoms with E-state index in [1.165, 1.54) is 24.3 Å². The van der Waals surface area contributed by atoms with Gasteiger partial charge in [0.2, 0.25) is 10.0 Å². The molecule has 1 heterocycles. The minimum atomic E-state index is -3.83. The van der Waals surface area contributed by atoms with Crippen molar-refractivity contribution in [2.75, 3.05) is 0 Å². The molecule has 0 amide bonds. The SMILES string of the molecule is Cc1c(CCC(=O)O)nn(-c2ccc(S(N)(=O)=O)cc2)c1-c1ccc(F)cc1. The van der Waals surface area contributed by atoms with E-state index in [1.807, 2.05) is 6.92 Å². The largest absolute Gasteiger partial charge is 0.481 e. The second-order valence-corrected chi connectivity index (χ2v) is 7.83. The number of carboxylic acids is 1. The molecule has 28 heavy (non-hydrogen) atoms. The highest BCUT2D eigenvalue weighted by Gasteiger charge is 2.18. The Bertz CT molecular complexity index is 1120. The van der Waals surface area contributed by atoms with Crippen molar-refractivity contribution in [1.82, 2.24) is 9.78 Å². The van der Waals surface area contributed by atoms with E-state index in [2.05, 4.69) is 5.10 Å². The van der Waals surface area contributed by atoms with Crippen LogP contribution < -0.4 is 5.14 Å². The van der Waals surface area contributed by atoms with Gasteiger partial charge < -0.3 is 5.11 Å². The number of nitrogens with zero attached hydrogens (tertiary/aromatic N) is 2. The third-order valence-electron chi connectivity index (χ3n) is 4.32. The van der Waals surface area contributed by atoms with Crippen molar-refractivity contribution < 1.29 is 22.7 Å². The summed E-state index contributed by atoms with van der Waals surface area (Å²) in [6.07, 6.45) is 0.155. The lowest BCUT2D eigenvalue weighted by Crippen LogP contribution is -2.12. The smallest absolute Gasteiger partial charge is 0.303 e. The number of benzene rings is 2. The third-order valence-corrected chi connectivity index (χ3v) is 5.25. The summed E-state index contributed by atoms with van der Waals surface area (Å²) in [6.45, 7) is 1.82. The van der Waals surface area contributed by atoms with Gasteiger partial charge in [-0.25, -0.2) is 22.6 Å². The predicted octanol–water partition coefficient (Wildman–Crippen LogP) is 2.65. The zero-order valence-corrected chi connectivity index (χ0v) is 15.8. The molecule has 0 radical (unpaired) electrons. The lowest BCUT2D eigenvalue weighted by molar-refractivity contribution is -0.136. The zero-order valence-electron chi connectivity index (χ0n) is 15.0. The van der Waals surface area contributed by atoms with Gasteiger partial charge in [-0.2, -0.15) is 5.10 Å². The van der Waals surface area contributed by atoms with Gasteiger partial charge in [0.1, 0.15) is 5.82 Å². The van der Waals surface area contributed by atoms with Crippen LogP contribution in [0.4, 0.5) is 4.39 Å². The molecule has 2 aromatic carbocycles. The fourth-order valence-corrected chi connectivity index (χ4v) is 3.43. The average Bonchev–Trinajstić information content (AvgIpc) is 2.96. The number of carboxylic acid groups (broad SMARTS) is 1. The summed E-state index contributed by atoms with van der Waals surface area (Å²) in [4.78, 5) is 10.9. The molecule has 3 N–H and O–H groups in total. The Balaban J connectivity index is 2.14. The second-order valence-electron chi connectivity index (χ2n) is 6.27. The first-order valence-electron chi connectivity index (χ1n) is 8.36. The molecule has 9 heteroatoms. The maximum atomic E-state index is 13.3. The van der Waals surface area contributed by atoms with E-state index in [1.54, 1.807) is 28.9 Å². The summed E-state index contributed by atoms with van der Waals surface area (Å²) in [7, 11) is -3.83. The number of carbonyl (C=O) groups is 1. The number of primary sulfonamides is 1. The molecule has 0 atom stereocenters. The normalized spacial score (nSPS) is 11.5. The molecule has 0 spiro atoms. The van der Waals surface area contributed by atoms with Crippen molar-refractivity contribution in [2.45, 2.75) is 24.7 Å². The number of sulfonamides is 1. The van der Waals surface area contributed by atoms with Crippen LogP contribution in [-0.4, -0.2) is 29.3 Å². The van der Waals surface area contributed by atoms with Crippen LogP contribution in [0.5, 0.6) is 0 Å². The molecule has 0 aliphatic carbocycles. The van der Waals surface area contributed by atoms with E-state index in [-0.39, 0.29) is 23.6 Å². The fraction of sp³-hybridized carbons (Fsp3) is 0.158. The van der Waals surface area contributed by atoms with Gasteiger partial charge in [0.15, 0.2) is 0 Å². The van der Waals surface area contributed by atoms with Crippen LogP contribution in [0.2, 0.25) is 0 Å². The molecule has 0 bridgehead atoms. The van der Waals surface area contributed by atoms with Gasteiger partial charge in [-0.3, -0.25) is 4.79 Å². The van der Waals surface area contributed by atoms with Crippen LogP contribution in [0.15, 0.2) is 53.4 Å². The first kappa shape index (κ1) is 19.7. The van der Waals surface area contributed by atoms with Gasteiger partial charge in [0.05, 0.1) is 28.4 Å². The molecule has 0 aliphatic heterocycles. The van der Waals surface area contributed by atoms with Crippen LogP contribution in [-0.2, 0) is 21.2 Å². The van der Waals surface area contributed by atoms with Crippen LogP contribution in [0.1, 0.15) is 17.7 Å². The Hall–Kier alpha value is -3.04. The molecule has 1 aromatic heterocycles. The Kier molecular flexibility index (Phi) is 5.30. The van der Waals surface area contributed by atoms with E-state index in [0.717, 1.165) is 5.56 Å². The third kappa shape index (κ3) is 4.10. The number of hydrogen-bond acceptors (Lipinski definition) is 4. The van der Waals surface area contributed by atoms with Gasteiger partial charge in [0.25, 0.3) is 0 Å². The van der Waals surface area contributed by atoms with Crippen LogP contribution in [0.25, 0.3) is 16.9 Å².